The first-order valence-electron chi connectivity index (χ1n) is 0.591. The van der Waals surface area contributed by atoms with Crippen LogP contribution in [0, 0.1) is 0 Å². The zero-order valence-corrected chi connectivity index (χ0v) is 10.9. The summed E-state index contributed by atoms with van der Waals surface area (Å²) in [5, 5.41) is 0. The third-order valence-electron chi connectivity index (χ3n) is 0. The number of hydrogen-bond donors (Lipinski definition) is 1. The van der Waals surface area contributed by atoms with Gasteiger partial charge >= 0.3 is 0 Å². The highest BCUT2D eigenvalue weighted by Crippen LogP contribution is 1.68. The van der Waals surface area contributed by atoms with Crippen LogP contribution >= 0.6 is 84.0 Å². The molecule has 1 nitrogen and oxygen atoms in total. The monoisotopic (exact) mass is 448 g/mol. The molecule has 0 saturated heterocycles. The predicted octanol–water partition coefficient (Wildman–Crippen LogP) is 2.68. The quantitative estimate of drug-likeness (QED) is 0.455. The van der Waals surface area contributed by atoms with Crippen LogP contribution in [0.5, 0.6) is 0 Å². The first kappa shape index (κ1) is 23.6. The van der Waals surface area contributed by atoms with Gasteiger partial charge in [-0.15, -0.1) is 71.9 Å². The number of halogens is 3. The summed E-state index contributed by atoms with van der Waals surface area (Å²) in [4.78, 5) is 0. The van der Waals surface area contributed by atoms with Crippen molar-refractivity contribution in [2.45, 2.75) is 0 Å². The molecule has 0 aliphatic heterocycles. The molecule has 0 heterocycles. The SMILES string of the molecule is CSO.I.I.I. The minimum atomic E-state index is 0. The second-order valence-electron chi connectivity index (χ2n) is 0.183. The maximum absolute atomic E-state index is 7.49. The van der Waals surface area contributed by atoms with E-state index >= 15 is 0 Å². The molecule has 0 aromatic carbocycles. The fraction of sp³-hybridized carbons (Fsp3) is 1.00. The fourth-order valence-electron chi connectivity index (χ4n) is 0. The van der Waals surface area contributed by atoms with Gasteiger partial charge in [0.15, 0.2) is 0 Å². The molecule has 6 heavy (non-hydrogen) atoms. The maximum atomic E-state index is 7.49. The van der Waals surface area contributed by atoms with Gasteiger partial charge in [0.25, 0.3) is 0 Å². The lowest BCUT2D eigenvalue weighted by atomic mass is 12.0. The molecule has 0 aliphatic carbocycles. The van der Waals surface area contributed by atoms with Gasteiger partial charge in [0.05, 0.1) is 0 Å². The molecular weight excluding hydrogens is 441 g/mol. The first-order valence-corrected chi connectivity index (χ1v) is 1.77. The van der Waals surface area contributed by atoms with E-state index in [0.29, 0.717) is 0 Å². The smallest absolute Gasteiger partial charge is 0.00795 e. The van der Waals surface area contributed by atoms with Crippen LogP contribution in [0.15, 0.2) is 0 Å². The summed E-state index contributed by atoms with van der Waals surface area (Å²) in [5.41, 5.74) is 0. The molecule has 0 atom stereocenters. The molecule has 1 N–H and O–H groups in total. The molecule has 0 bridgehead atoms. The van der Waals surface area contributed by atoms with E-state index in [9.17, 15) is 0 Å². The van der Waals surface area contributed by atoms with Crippen molar-refractivity contribution in [2.75, 3.05) is 6.26 Å². The first-order chi connectivity index (χ1) is 1.41. The van der Waals surface area contributed by atoms with Crippen LogP contribution in [0.25, 0.3) is 0 Å². The van der Waals surface area contributed by atoms with Crippen molar-refractivity contribution in [3.05, 3.63) is 0 Å². The van der Waals surface area contributed by atoms with E-state index in [0.717, 1.165) is 12.0 Å². The molecule has 0 spiro atoms. The highest BCUT2D eigenvalue weighted by Gasteiger charge is 1.34. The van der Waals surface area contributed by atoms with E-state index in [1.807, 2.05) is 0 Å². The zero-order valence-electron chi connectivity index (χ0n) is 3.08. The predicted molar refractivity (Wildman–Crippen MR) is 62.4 cm³/mol. The molecule has 5 heteroatoms. The Kier molecular flexibility index (Phi) is 102. The van der Waals surface area contributed by atoms with Gasteiger partial charge in [-0.25, -0.2) is 0 Å². The summed E-state index contributed by atoms with van der Waals surface area (Å²) < 4.78 is 7.49. The lowest BCUT2D eigenvalue weighted by Gasteiger charge is -1.52. The number of hydrogen-bond acceptors (Lipinski definition) is 2. The van der Waals surface area contributed by atoms with E-state index in [1.54, 1.807) is 6.26 Å². The van der Waals surface area contributed by atoms with Crippen molar-refractivity contribution in [3.8, 4) is 0 Å². The standard InChI is InChI=1S/CH4OS.3HI/c1-3-2;;;/h2H,1H3;3*1H. The molecule has 0 amide bonds. The van der Waals surface area contributed by atoms with Gasteiger partial charge in [0, 0.05) is 6.26 Å². The minimum absolute atomic E-state index is 0. The average Bonchev–Trinajstić information content (AvgIpc) is 0.918. The molecule has 0 unspecified atom stereocenters. The van der Waals surface area contributed by atoms with Gasteiger partial charge in [0.2, 0.25) is 0 Å². The van der Waals surface area contributed by atoms with Gasteiger partial charge in [-0.05, 0) is 12.0 Å². The molecule has 44 valence electrons. The highest BCUT2D eigenvalue weighted by molar-refractivity contribution is 14.0. The van der Waals surface area contributed by atoms with Gasteiger partial charge < -0.3 is 4.55 Å². The van der Waals surface area contributed by atoms with Crippen molar-refractivity contribution < 1.29 is 4.55 Å². The highest BCUT2D eigenvalue weighted by atomic mass is 127. The van der Waals surface area contributed by atoms with Crippen LogP contribution in [0.1, 0.15) is 0 Å². The average molecular weight is 448 g/mol. The molecule has 0 aliphatic rings. The summed E-state index contributed by atoms with van der Waals surface area (Å²) in [6, 6.07) is 0. The van der Waals surface area contributed by atoms with Gasteiger partial charge in [-0.2, -0.15) is 0 Å². The Balaban J connectivity index is -0.00000000667. The Morgan fingerprint density at radius 1 is 1.17 bits per heavy atom. The second kappa shape index (κ2) is 25.9. The van der Waals surface area contributed by atoms with Gasteiger partial charge in [0.1, 0.15) is 0 Å². The number of rotatable bonds is 0. The Morgan fingerprint density at radius 3 is 1.17 bits per heavy atom. The van der Waals surface area contributed by atoms with E-state index in [2.05, 4.69) is 0 Å². The summed E-state index contributed by atoms with van der Waals surface area (Å²) in [7, 11) is 0. The van der Waals surface area contributed by atoms with Crippen LogP contribution in [-0.4, -0.2) is 10.8 Å². The zero-order chi connectivity index (χ0) is 2.71. The van der Waals surface area contributed by atoms with E-state index < -0.39 is 0 Å². The lowest BCUT2D eigenvalue weighted by molar-refractivity contribution is 0.669. The van der Waals surface area contributed by atoms with Crippen LogP contribution in [0.4, 0.5) is 0 Å². The second-order valence-corrected chi connectivity index (χ2v) is 0.548. The van der Waals surface area contributed by atoms with Crippen molar-refractivity contribution in [1.82, 2.24) is 0 Å². The summed E-state index contributed by atoms with van der Waals surface area (Å²) in [5.74, 6) is 0. The van der Waals surface area contributed by atoms with Crippen molar-refractivity contribution in [1.29, 1.82) is 0 Å². The van der Waals surface area contributed by atoms with Crippen molar-refractivity contribution in [2.24, 2.45) is 0 Å². The van der Waals surface area contributed by atoms with Crippen molar-refractivity contribution >= 4 is 84.0 Å². The Bertz CT molecular complexity index is 10.8. The Labute approximate surface area is 93.3 Å². The Hall–Kier alpha value is 2.50. The molecule has 0 rings (SSSR count). The topological polar surface area (TPSA) is 20.2 Å². The lowest BCUT2D eigenvalue weighted by Crippen LogP contribution is -1.28. The van der Waals surface area contributed by atoms with E-state index in [4.69, 9.17) is 4.55 Å². The normalized spacial score (nSPS) is 3.00. The summed E-state index contributed by atoms with van der Waals surface area (Å²) in [6.45, 7) is 0. The van der Waals surface area contributed by atoms with Crippen LogP contribution in [0.3, 0.4) is 0 Å². The fourth-order valence-corrected chi connectivity index (χ4v) is 0. The molecule has 0 saturated carbocycles. The molecule has 0 aromatic rings. The van der Waals surface area contributed by atoms with E-state index in [-0.39, 0.29) is 71.9 Å². The van der Waals surface area contributed by atoms with Crippen LogP contribution in [-0.2, 0) is 0 Å². The Morgan fingerprint density at radius 2 is 1.17 bits per heavy atom. The third-order valence-corrected chi connectivity index (χ3v) is 0. The molecule has 0 radical (unpaired) electrons. The maximum Gasteiger partial charge on any atom is 0.00795 e. The summed E-state index contributed by atoms with van der Waals surface area (Å²) >= 11 is 0.750. The molecule has 0 fully saturated rings. The molecule has 0 aromatic heterocycles. The van der Waals surface area contributed by atoms with Gasteiger partial charge in [-0.1, -0.05) is 0 Å². The minimum Gasteiger partial charge on any atom is -0.330 e. The van der Waals surface area contributed by atoms with Crippen LogP contribution in [0.2, 0.25) is 0 Å². The van der Waals surface area contributed by atoms with Crippen LogP contribution < -0.4 is 0 Å². The van der Waals surface area contributed by atoms with Gasteiger partial charge in [-0.3, -0.25) is 0 Å². The van der Waals surface area contributed by atoms with E-state index in [1.165, 1.54) is 0 Å². The largest absolute Gasteiger partial charge is 0.330 e. The third kappa shape index (κ3) is 31.5. The summed E-state index contributed by atoms with van der Waals surface area (Å²) in [6.07, 6.45) is 1.60. The molecular formula is CH7I3OS. The van der Waals surface area contributed by atoms with Crippen molar-refractivity contribution in [3.63, 3.8) is 0 Å².